The molecule has 3 rings (SSSR count). The zero-order valence-corrected chi connectivity index (χ0v) is 14.4. The summed E-state index contributed by atoms with van der Waals surface area (Å²) in [4.78, 5) is 16.3. The normalized spacial score (nSPS) is 14.9. The maximum atomic E-state index is 12.6. The third-order valence-electron chi connectivity index (χ3n) is 3.63. The van der Waals surface area contributed by atoms with Gasteiger partial charge in [0.25, 0.3) is 0 Å². The summed E-state index contributed by atoms with van der Waals surface area (Å²) in [6.07, 6.45) is 1.48. The summed E-state index contributed by atoms with van der Waals surface area (Å²) in [5.41, 5.74) is 0.755. The van der Waals surface area contributed by atoms with Gasteiger partial charge in [0, 0.05) is 6.07 Å². The van der Waals surface area contributed by atoms with Crippen molar-refractivity contribution < 1.29 is 32.5 Å². The van der Waals surface area contributed by atoms with E-state index in [1.54, 1.807) is 24.3 Å². The van der Waals surface area contributed by atoms with Gasteiger partial charge in [-0.05, 0) is 35.9 Å². The van der Waals surface area contributed by atoms with Crippen LogP contribution in [-0.4, -0.2) is 32.7 Å². The second kappa shape index (κ2) is 7.86. The largest absolute Gasteiger partial charge is 0.497 e. The van der Waals surface area contributed by atoms with Crippen LogP contribution in [0.25, 0.3) is 6.08 Å². The Morgan fingerprint density at radius 3 is 2.37 bits per heavy atom. The van der Waals surface area contributed by atoms with E-state index in [2.05, 4.69) is 9.73 Å². The number of aliphatic imine (C=N–C) groups is 1. The zero-order valence-electron chi connectivity index (χ0n) is 14.4. The number of carbonyl (C=O) groups excluding carboxylic acids is 1. The summed E-state index contributed by atoms with van der Waals surface area (Å²) in [6.45, 7) is -3.01. The Balaban J connectivity index is 1.97. The second-order valence-electron chi connectivity index (χ2n) is 5.36. The van der Waals surface area contributed by atoms with Crippen LogP contribution in [0.2, 0.25) is 0 Å². The van der Waals surface area contributed by atoms with Crippen LogP contribution < -0.4 is 14.2 Å². The lowest BCUT2D eigenvalue weighted by Gasteiger charge is -2.08. The average molecular weight is 375 g/mol. The molecule has 0 fully saturated rings. The first kappa shape index (κ1) is 18.4. The van der Waals surface area contributed by atoms with Gasteiger partial charge in [-0.3, -0.25) is 0 Å². The first-order valence-electron chi connectivity index (χ1n) is 7.80. The lowest BCUT2D eigenvalue weighted by molar-refractivity contribution is -0.129. The molecule has 2 aromatic carbocycles. The molecular weight excluding hydrogens is 360 g/mol. The quantitative estimate of drug-likeness (QED) is 0.570. The zero-order chi connectivity index (χ0) is 19.4. The van der Waals surface area contributed by atoms with E-state index >= 15 is 0 Å². The number of ether oxygens (including phenoxy) is 4. The predicted molar refractivity (Wildman–Crippen MR) is 93.2 cm³/mol. The van der Waals surface area contributed by atoms with Crippen LogP contribution in [-0.2, 0) is 9.53 Å². The third-order valence-corrected chi connectivity index (χ3v) is 3.63. The molecule has 0 saturated heterocycles. The van der Waals surface area contributed by atoms with Crippen LogP contribution in [0.4, 0.5) is 8.78 Å². The fourth-order valence-electron chi connectivity index (χ4n) is 2.44. The van der Waals surface area contributed by atoms with E-state index in [-0.39, 0.29) is 22.9 Å². The molecule has 0 amide bonds. The number of benzene rings is 2. The number of cyclic esters (lactones) is 1. The van der Waals surface area contributed by atoms with E-state index in [1.807, 2.05) is 0 Å². The maximum absolute atomic E-state index is 12.6. The molecule has 1 aliphatic heterocycles. The van der Waals surface area contributed by atoms with Crippen molar-refractivity contribution in [2.24, 2.45) is 4.99 Å². The van der Waals surface area contributed by atoms with Crippen LogP contribution in [0.5, 0.6) is 17.2 Å². The summed E-state index contributed by atoms with van der Waals surface area (Å²) >= 11 is 0. The van der Waals surface area contributed by atoms with Crippen LogP contribution in [0.1, 0.15) is 11.1 Å². The van der Waals surface area contributed by atoms with Gasteiger partial charge < -0.3 is 18.9 Å². The standard InChI is InChI=1S/C19H15F2NO5/c1-24-12-7-11(8-13(10-12)25-2)9-15-18(23)27-17(22-15)14-5-3-4-6-16(14)26-19(20)21/h3-10,19H,1-2H3. The molecule has 0 spiro atoms. The molecule has 0 aromatic heterocycles. The molecule has 2 aromatic rings. The van der Waals surface area contributed by atoms with Gasteiger partial charge in [0.05, 0.1) is 19.8 Å². The van der Waals surface area contributed by atoms with Crippen molar-refractivity contribution in [3.63, 3.8) is 0 Å². The highest BCUT2D eigenvalue weighted by Gasteiger charge is 2.27. The SMILES string of the molecule is COc1cc(C=C2N=C(c3ccccc3OC(F)F)OC2=O)cc(OC)c1. The Hall–Kier alpha value is -3.42. The highest BCUT2D eigenvalue weighted by atomic mass is 19.3. The molecule has 0 N–H and O–H groups in total. The Morgan fingerprint density at radius 1 is 1.07 bits per heavy atom. The summed E-state index contributed by atoms with van der Waals surface area (Å²) in [5, 5.41) is 0. The van der Waals surface area contributed by atoms with Crippen molar-refractivity contribution in [3.05, 3.63) is 59.3 Å². The number of hydrogen-bond donors (Lipinski definition) is 0. The van der Waals surface area contributed by atoms with Gasteiger partial charge in [-0.15, -0.1) is 0 Å². The number of halogens is 2. The molecule has 0 unspecified atom stereocenters. The fourth-order valence-corrected chi connectivity index (χ4v) is 2.44. The lowest BCUT2D eigenvalue weighted by Crippen LogP contribution is -2.10. The number of hydrogen-bond acceptors (Lipinski definition) is 6. The summed E-state index contributed by atoms with van der Waals surface area (Å²) in [6, 6.07) is 11.0. The lowest BCUT2D eigenvalue weighted by atomic mass is 10.1. The number of rotatable bonds is 6. The highest BCUT2D eigenvalue weighted by molar-refractivity contribution is 6.13. The summed E-state index contributed by atoms with van der Waals surface area (Å²) < 4.78 is 45.1. The van der Waals surface area contributed by atoms with E-state index in [4.69, 9.17) is 14.2 Å². The van der Waals surface area contributed by atoms with E-state index in [0.29, 0.717) is 17.1 Å². The van der Waals surface area contributed by atoms with Gasteiger partial charge in [-0.2, -0.15) is 8.78 Å². The van der Waals surface area contributed by atoms with Crippen LogP contribution in [0.3, 0.4) is 0 Å². The van der Waals surface area contributed by atoms with E-state index in [1.165, 1.54) is 38.5 Å². The van der Waals surface area contributed by atoms with Crippen LogP contribution in [0.15, 0.2) is 53.2 Å². The minimum Gasteiger partial charge on any atom is -0.497 e. The Labute approximate surface area is 153 Å². The van der Waals surface area contributed by atoms with Gasteiger partial charge >= 0.3 is 12.6 Å². The van der Waals surface area contributed by atoms with Crippen LogP contribution >= 0.6 is 0 Å². The van der Waals surface area contributed by atoms with Gasteiger partial charge in [0.2, 0.25) is 5.90 Å². The molecule has 8 heteroatoms. The van der Waals surface area contributed by atoms with Crippen molar-refractivity contribution in [3.8, 4) is 17.2 Å². The molecule has 6 nitrogen and oxygen atoms in total. The van der Waals surface area contributed by atoms with Gasteiger partial charge in [-0.25, -0.2) is 9.79 Å². The van der Waals surface area contributed by atoms with Gasteiger partial charge in [0.1, 0.15) is 17.2 Å². The third kappa shape index (κ3) is 4.22. The molecule has 140 valence electrons. The number of nitrogens with zero attached hydrogens (tertiary/aromatic N) is 1. The number of carbonyl (C=O) groups is 1. The minimum absolute atomic E-state index is 0.00663. The topological polar surface area (TPSA) is 66.3 Å². The maximum Gasteiger partial charge on any atom is 0.387 e. The first-order valence-corrected chi connectivity index (χ1v) is 7.80. The Bertz CT molecular complexity index is 902. The number of alkyl halides is 2. The van der Waals surface area contributed by atoms with Crippen molar-refractivity contribution in [1.82, 2.24) is 0 Å². The van der Waals surface area contributed by atoms with Gasteiger partial charge in [0.15, 0.2) is 5.70 Å². The van der Waals surface area contributed by atoms with Crippen molar-refractivity contribution >= 4 is 17.9 Å². The predicted octanol–water partition coefficient (Wildman–Crippen LogP) is 3.65. The molecule has 0 bridgehead atoms. The van der Waals surface area contributed by atoms with Crippen molar-refractivity contribution in [2.45, 2.75) is 6.61 Å². The van der Waals surface area contributed by atoms with Crippen molar-refractivity contribution in [1.29, 1.82) is 0 Å². The fraction of sp³-hybridized carbons (Fsp3) is 0.158. The molecule has 0 saturated carbocycles. The molecule has 1 aliphatic rings. The molecule has 0 aliphatic carbocycles. The summed E-state index contributed by atoms with van der Waals surface area (Å²) in [5.74, 6) is 0.110. The number of esters is 1. The monoisotopic (exact) mass is 375 g/mol. The van der Waals surface area contributed by atoms with Gasteiger partial charge in [-0.1, -0.05) is 12.1 Å². The Kier molecular flexibility index (Phi) is 5.35. The minimum atomic E-state index is -3.01. The first-order chi connectivity index (χ1) is 13.0. The summed E-state index contributed by atoms with van der Waals surface area (Å²) in [7, 11) is 3.01. The van der Waals surface area contributed by atoms with Crippen LogP contribution in [0, 0.1) is 0 Å². The van der Waals surface area contributed by atoms with E-state index < -0.39 is 12.6 Å². The second-order valence-corrected chi connectivity index (χ2v) is 5.36. The Morgan fingerprint density at radius 2 is 1.74 bits per heavy atom. The number of para-hydroxylation sites is 1. The highest BCUT2D eigenvalue weighted by Crippen LogP contribution is 2.28. The smallest absolute Gasteiger partial charge is 0.387 e. The van der Waals surface area contributed by atoms with E-state index in [9.17, 15) is 13.6 Å². The average Bonchev–Trinajstić information content (AvgIpc) is 3.01. The molecule has 1 heterocycles. The molecular formula is C19H15F2NO5. The number of methoxy groups -OCH3 is 2. The molecule has 0 atom stereocenters. The molecule has 0 radical (unpaired) electrons. The molecule has 27 heavy (non-hydrogen) atoms. The van der Waals surface area contributed by atoms with E-state index in [0.717, 1.165) is 0 Å². The van der Waals surface area contributed by atoms with Crippen molar-refractivity contribution in [2.75, 3.05) is 14.2 Å².